The van der Waals surface area contributed by atoms with E-state index in [9.17, 15) is 4.79 Å². The number of benzene rings is 2. The predicted octanol–water partition coefficient (Wildman–Crippen LogP) is 3.20. The molecule has 0 aromatic heterocycles. The Hall–Kier alpha value is -2.29. The molecule has 0 saturated carbocycles. The molecule has 1 heterocycles. The molecule has 0 unspecified atom stereocenters. The summed E-state index contributed by atoms with van der Waals surface area (Å²) in [5.74, 6) is 1.32. The van der Waals surface area contributed by atoms with Crippen LogP contribution >= 0.6 is 0 Å². The van der Waals surface area contributed by atoms with E-state index in [1.54, 1.807) is 6.07 Å². The number of carbonyl (C=O) groups is 1. The summed E-state index contributed by atoms with van der Waals surface area (Å²) in [5.41, 5.74) is 3.65. The van der Waals surface area contributed by atoms with E-state index in [1.165, 1.54) is 0 Å². The molecule has 90 valence electrons. The molecular formula is C15H12O3. The fraction of sp³-hybridized carbons (Fsp3) is 0.133. The van der Waals surface area contributed by atoms with Crippen LogP contribution in [-0.4, -0.2) is 13.1 Å². The average Bonchev–Trinajstić information content (AvgIpc) is 2.84. The molecular weight excluding hydrogens is 228 g/mol. The summed E-state index contributed by atoms with van der Waals surface area (Å²) >= 11 is 0. The van der Waals surface area contributed by atoms with E-state index >= 15 is 0 Å². The average molecular weight is 240 g/mol. The maximum absolute atomic E-state index is 11.2. The Bertz CT molecular complexity index is 617. The number of hydrogen-bond donors (Lipinski definition) is 0. The van der Waals surface area contributed by atoms with Gasteiger partial charge >= 0.3 is 0 Å². The second-order valence-electron chi connectivity index (χ2n) is 4.28. The molecule has 0 saturated heterocycles. The Morgan fingerprint density at radius 3 is 2.61 bits per heavy atom. The van der Waals surface area contributed by atoms with Crippen LogP contribution < -0.4 is 9.47 Å². The van der Waals surface area contributed by atoms with Crippen LogP contribution in [0.2, 0.25) is 0 Å². The Kier molecular flexibility index (Phi) is 2.52. The fourth-order valence-corrected chi connectivity index (χ4v) is 2.12. The minimum atomic E-state index is 0.213. The van der Waals surface area contributed by atoms with Gasteiger partial charge in [0.2, 0.25) is 6.79 Å². The first kappa shape index (κ1) is 10.8. The zero-order chi connectivity index (χ0) is 12.5. The van der Waals surface area contributed by atoms with Crippen molar-refractivity contribution in [2.24, 2.45) is 0 Å². The Morgan fingerprint density at radius 2 is 1.89 bits per heavy atom. The molecule has 3 nitrogen and oxygen atoms in total. The molecule has 0 spiro atoms. The number of aldehydes is 1. The summed E-state index contributed by atoms with van der Waals surface area (Å²) in [5, 5.41) is 0. The summed E-state index contributed by atoms with van der Waals surface area (Å²) in [6.07, 6.45) is 0.847. The molecule has 0 amide bonds. The van der Waals surface area contributed by atoms with Crippen LogP contribution in [0.3, 0.4) is 0 Å². The van der Waals surface area contributed by atoms with Gasteiger partial charge in [-0.2, -0.15) is 0 Å². The highest BCUT2D eigenvalue weighted by atomic mass is 16.7. The third kappa shape index (κ3) is 1.74. The summed E-state index contributed by atoms with van der Waals surface area (Å²) in [6.45, 7) is 2.24. The van der Waals surface area contributed by atoms with Crippen molar-refractivity contribution in [3.8, 4) is 22.6 Å². The van der Waals surface area contributed by atoms with Gasteiger partial charge in [-0.05, 0) is 30.2 Å². The Morgan fingerprint density at radius 1 is 1.11 bits per heavy atom. The van der Waals surface area contributed by atoms with E-state index in [0.717, 1.165) is 23.0 Å². The number of carbonyl (C=O) groups excluding carboxylic acids is 1. The lowest BCUT2D eigenvalue weighted by atomic mass is 9.98. The highest BCUT2D eigenvalue weighted by molar-refractivity contribution is 5.89. The van der Waals surface area contributed by atoms with Gasteiger partial charge in [0.25, 0.3) is 0 Å². The molecule has 3 rings (SSSR count). The lowest BCUT2D eigenvalue weighted by molar-refractivity contribution is 0.112. The molecule has 0 N–H and O–H groups in total. The highest BCUT2D eigenvalue weighted by Gasteiger charge is 2.17. The lowest BCUT2D eigenvalue weighted by Gasteiger charge is -2.07. The third-order valence-corrected chi connectivity index (χ3v) is 3.00. The van der Waals surface area contributed by atoms with E-state index in [2.05, 4.69) is 0 Å². The molecule has 2 aromatic carbocycles. The summed E-state index contributed by atoms with van der Waals surface area (Å²) in [4.78, 5) is 11.2. The van der Waals surface area contributed by atoms with Gasteiger partial charge in [-0.1, -0.05) is 29.8 Å². The first-order valence-corrected chi connectivity index (χ1v) is 5.74. The molecule has 0 bridgehead atoms. The number of fused-ring (bicyclic) bond motifs is 1. The van der Waals surface area contributed by atoms with Crippen LogP contribution in [0.4, 0.5) is 0 Å². The lowest BCUT2D eigenvalue weighted by Crippen LogP contribution is -1.92. The van der Waals surface area contributed by atoms with Crippen molar-refractivity contribution < 1.29 is 14.3 Å². The fourth-order valence-electron chi connectivity index (χ4n) is 2.12. The SMILES string of the molecule is Cc1cccc(-c2cc3c(cc2C=O)OCO3)c1. The summed E-state index contributed by atoms with van der Waals surface area (Å²) in [6, 6.07) is 11.6. The Balaban J connectivity index is 2.19. The normalized spacial score (nSPS) is 12.5. The van der Waals surface area contributed by atoms with Gasteiger partial charge in [-0.15, -0.1) is 0 Å². The molecule has 0 radical (unpaired) electrons. The first-order chi connectivity index (χ1) is 8.78. The van der Waals surface area contributed by atoms with Crippen molar-refractivity contribution >= 4 is 6.29 Å². The van der Waals surface area contributed by atoms with E-state index in [1.807, 2.05) is 37.3 Å². The molecule has 2 aromatic rings. The molecule has 0 fully saturated rings. The second kappa shape index (κ2) is 4.18. The second-order valence-corrected chi connectivity index (χ2v) is 4.28. The van der Waals surface area contributed by atoms with Gasteiger partial charge in [-0.25, -0.2) is 0 Å². The number of rotatable bonds is 2. The molecule has 1 aliphatic heterocycles. The van der Waals surface area contributed by atoms with E-state index in [4.69, 9.17) is 9.47 Å². The minimum absolute atomic E-state index is 0.213. The van der Waals surface area contributed by atoms with Crippen LogP contribution in [0.1, 0.15) is 15.9 Å². The van der Waals surface area contributed by atoms with Crippen molar-refractivity contribution in [2.45, 2.75) is 6.92 Å². The van der Waals surface area contributed by atoms with Gasteiger partial charge in [0.15, 0.2) is 17.8 Å². The van der Waals surface area contributed by atoms with E-state index in [0.29, 0.717) is 17.1 Å². The predicted molar refractivity (Wildman–Crippen MR) is 68.1 cm³/mol. The maximum atomic E-state index is 11.2. The smallest absolute Gasteiger partial charge is 0.231 e. The van der Waals surface area contributed by atoms with Crippen molar-refractivity contribution in [3.63, 3.8) is 0 Å². The van der Waals surface area contributed by atoms with Crippen LogP contribution in [0.25, 0.3) is 11.1 Å². The van der Waals surface area contributed by atoms with Crippen LogP contribution in [0.15, 0.2) is 36.4 Å². The molecule has 0 atom stereocenters. The topological polar surface area (TPSA) is 35.5 Å². The van der Waals surface area contributed by atoms with Gasteiger partial charge in [-0.3, -0.25) is 4.79 Å². The van der Waals surface area contributed by atoms with Gasteiger partial charge in [0.05, 0.1) is 0 Å². The number of ether oxygens (including phenoxy) is 2. The first-order valence-electron chi connectivity index (χ1n) is 5.74. The van der Waals surface area contributed by atoms with Crippen LogP contribution in [-0.2, 0) is 0 Å². The van der Waals surface area contributed by atoms with Gasteiger partial charge < -0.3 is 9.47 Å². The largest absolute Gasteiger partial charge is 0.454 e. The summed E-state index contributed by atoms with van der Waals surface area (Å²) < 4.78 is 10.6. The zero-order valence-corrected chi connectivity index (χ0v) is 9.97. The molecule has 18 heavy (non-hydrogen) atoms. The van der Waals surface area contributed by atoms with Crippen molar-refractivity contribution in [1.82, 2.24) is 0 Å². The molecule has 3 heteroatoms. The standard InChI is InChI=1S/C15H12O3/c1-10-3-2-4-11(5-10)13-7-15-14(17-9-18-15)6-12(13)8-16/h2-8H,9H2,1H3. The maximum Gasteiger partial charge on any atom is 0.231 e. The molecule has 0 aliphatic carbocycles. The van der Waals surface area contributed by atoms with E-state index in [-0.39, 0.29) is 6.79 Å². The van der Waals surface area contributed by atoms with Crippen molar-refractivity contribution in [3.05, 3.63) is 47.5 Å². The third-order valence-electron chi connectivity index (χ3n) is 3.00. The number of aryl methyl sites for hydroxylation is 1. The van der Waals surface area contributed by atoms with E-state index < -0.39 is 0 Å². The van der Waals surface area contributed by atoms with Crippen molar-refractivity contribution in [1.29, 1.82) is 0 Å². The number of hydrogen-bond acceptors (Lipinski definition) is 3. The Labute approximate surface area is 105 Å². The van der Waals surface area contributed by atoms with Gasteiger partial charge in [0.1, 0.15) is 0 Å². The van der Waals surface area contributed by atoms with Crippen LogP contribution in [0, 0.1) is 6.92 Å². The minimum Gasteiger partial charge on any atom is -0.454 e. The molecule has 1 aliphatic rings. The van der Waals surface area contributed by atoms with Crippen molar-refractivity contribution in [2.75, 3.05) is 6.79 Å². The van der Waals surface area contributed by atoms with Gasteiger partial charge in [0, 0.05) is 5.56 Å². The zero-order valence-electron chi connectivity index (χ0n) is 9.97. The monoisotopic (exact) mass is 240 g/mol. The highest BCUT2D eigenvalue weighted by Crippen LogP contribution is 2.38. The van der Waals surface area contributed by atoms with Crippen LogP contribution in [0.5, 0.6) is 11.5 Å². The summed E-state index contributed by atoms with van der Waals surface area (Å²) in [7, 11) is 0. The quantitative estimate of drug-likeness (QED) is 0.756.